The number of carbonyl (C=O) groups excluding carboxylic acids is 2. The van der Waals surface area contributed by atoms with Crippen molar-refractivity contribution >= 4 is 23.6 Å². The number of ether oxygens (including phenoxy) is 2. The molecule has 0 radical (unpaired) electrons. The molecule has 1 amide bonds. The van der Waals surface area contributed by atoms with E-state index in [-0.39, 0.29) is 5.91 Å². The van der Waals surface area contributed by atoms with Gasteiger partial charge in [0.05, 0.1) is 7.11 Å². The molecule has 2 aromatic carbocycles. The van der Waals surface area contributed by atoms with Gasteiger partial charge in [-0.3, -0.25) is 4.79 Å². The van der Waals surface area contributed by atoms with E-state index in [4.69, 9.17) is 9.47 Å². The van der Waals surface area contributed by atoms with Crippen LogP contribution >= 0.6 is 0 Å². The van der Waals surface area contributed by atoms with Crippen LogP contribution in [0.3, 0.4) is 0 Å². The van der Waals surface area contributed by atoms with E-state index in [0.29, 0.717) is 11.4 Å². The van der Waals surface area contributed by atoms with E-state index in [1.807, 2.05) is 43.3 Å². The fraction of sp³-hybridized carbons (Fsp3) is 0.200. The molecule has 2 rings (SSSR count). The number of rotatable bonds is 6. The number of esters is 1. The van der Waals surface area contributed by atoms with E-state index < -0.39 is 12.1 Å². The number of hydrogen-bond acceptors (Lipinski definition) is 4. The SMILES string of the molecule is COc1cccc(/C=C/C(=O)OC(C)C(=O)Nc2ccccc2C)c1. The summed E-state index contributed by atoms with van der Waals surface area (Å²) in [5.74, 6) is -0.269. The topological polar surface area (TPSA) is 64.6 Å². The average molecular weight is 339 g/mol. The van der Waals surface area contributed by atoms with Crippen LogP contribution in [0.4, 0.5) is 5.69 Å². The van der Waals surface area contributed by atoms with Crippen LogP contribution in [-0.2, 0) is 14.3 Å². The van der Waals surface area contributed by atoms with Gasteiger partial charge in [0.2, 0.25) is 0 Å². The quantitative estimate of drug-likeness (QED) is 0.645. The Bertz CT molecular complexity index is 783. The summed E-state index contributed by atoms with van der Waals surface area (Å²) in [7, 11) is 1.58. The fourth-order valence-electron chi connectivity index (χ4n) is 2.12. The Hall–Kier alpha value is -3.08. The molecular weight excluding hydrogens is 318 g/mol. The first-order valence-corrected chi connectivity index (χ1v) is 7.89. The van der Waals surface area contributed by atoms with Crippen molar-refractivity contribution < 1.29 is 19.1 Å². The lowest BCUT2D eigenvalue weighted by molar-refractivity contribution is -0.148. The van der Waals surface area contributed by atoms with Gasteiger partial charge >= 0.3 is 5.97 Å². The zero-order valence-corrected chi connectivity index (χ0v) is 14.5. The number of amides is 1. The predicted octanol–water partition coefficient (Wildman–Crippen LogP) is 3.59. The highest BCUT2D eigenvalue weighted by atomic mass is 16.5. The Kier molecular flexibility index (Phi) is 6.34. The van der Waals surface area contributed by atoms with Crippen LogP contribution in [0.15, 0.2) is 54.6 Å². The molecule has 0 saturated carbocycles. The summed E-state index contributed by atoms with van der Waals surface area (Å²) >= 11 is 0. The van der Waals surface area contributed by atoms with Crippen LogP contribution in [0.1, 0.15) is 18.1 Å². The Morgan fingerprint density at radius 3 is 2.60 bits per heavy atom. The summed E-state index contributed by atoms with van der Waals surface area (Å²) in [6.45, 7) is 3.42. The molecule has 0 saturated heterocycles. The van der Waals surface area contributed by atoms with Gasteiger partial charge in [0.25, 0.3) is 5.91 Å². The largest absolute Gasteiger partial charge is 0.497 e. The molecule has 5 heteroatoms. The maximum atomic E-state index is 12.1. The molecule has 1 N–H and O–H groups in total. The molecule has 25 heavy (non-hydrogen) atoms. The molecule has 0 aliphatic heterocycles. The molecule has 5 nitrogen and oxygen atoms in total. The first kappa shape index (κ1) is 18.3. The van der Waals surface area contributed by atoms with Gasteiger partial charge < -0.3 is 14.8 Å². The van der Waals surface area contributed by atoms with Crippen molar-refractivity contribution in [3.8, 4) is 5.75 Å². The van der Waals surface area contributed by atoms with Crippen LogP contribution in [0.25, 0.3) is 6.08 Å². The lowest BCUT2D eigenvalue weighted by Crippen LogP contribution is -2.29. The first-order chi connectivity index (χ1) is 12.0. The van der Waals surface area contributed by atoms with Gasteiger partial charge in [-0.2, -0.15) is 0 Å². The maximum Gasteiger partial charge on any atom is 0.331 e. The van der Waals surface area contributed by atoms with E-state index in [0.717, 1.165) is 11.1 Å². The number of para-hydroxylation sites is 1. The Labute approximate surface area is 147 Å². The zero-order valence-electron chi connectivity index (χ0n) is 14.5. The smallest absolute Gasteiger partial charge is 0.331 e. The van der Waals surface area contributed by atoms with Crippen molar-refractivity contribution in [2.45, 2.75) is 20.0 Å². The second-order valence-electron chi connectivity index (χ2n) is 5.49. The summed E-state index contributed by atoms with van der Waals surface area (Å²) < 4.78 is 10.3. The molecule has 2 aromatic rings. The molecule has 130 valence electrons. The fourth-order valence-corrected chi connectivity index (χ4v) is 2.12. The van der Waals surface area contributed by atoms with Crippen LogP contribution in [0.2, 0.25) is 0 Å². The third-order valence-electron chi connectivity index (χ3n) is 3.57. The third kappa shape index (κ3) is 5.49. The minimum Gasteiger partial charge on any atom is -0.497 e. The Morgan fingerprint density at radius 1 is 1.12 bits per heavy atom. The molecular formula is C20H21NO4. The second-order valence-corrected chi connectivity index (χ2v) is 5.49. The zero-order chi connectivity index (χ0) is 18.2. The van der Waals surface area contributed by atoms with Crippen LogP contribution in [0, 0.1) is 6.92 Å². The highest BCUT2D eigenvalue weighted by Crippen LogP contribution is 2.15. The molecule has 0 fully saturated rings. The summed E-state index contributed by atoms with van der Waals surface area (Å²) in [6.07, 6.45) is 1.99. The van der Waals surface area contributed by atoms with E-state index in [1.165, 1.54) is 13.0 Å². The van der Waals surface area contributed by atoms with Gasteiger partial charge in [0.1, 0.15) is 5.75 Å². The minimum absolute atomic E-state index is 0.377. The van der Waals surface area contributed by atoms with E-state index in [1.54, 1.807) is 25.3 Å². The molecule has 1 atom stereocenters. The highest BCUT2D eigenvalue weighted by molar-refractivity contribution is 5.97. The molecule has 1 unspecified atom stereocenters. The third-order valence-corrected chi connectivity index (χ3v) is 3.57. The molecule has 0 heterocycles. The summed E-state index contributed by atoms with van der Waals surface area (Å²) in [5, 5.41) is 2.75. The van der Waals surface area contributed by atoms with Crippen LogP contribution < -0.4 is 10.1 Å². The van der Waals surface area contributed by atoms with Gasteiger partial charge in [-0.1, -0.05) is 30.3 Å². The first-order valence-electron chi connectivity index (χ1n) is 7.89. The Morgan fingerprint density at radius 2 is 1.88 bits per heavy atom. The number of anilines is 1. The number of methoxy groups -OCH3 is 1. The maximum absolute atomic E-state index is 12.1. The van der Waals surface area contributed by atoms with Gasteiger partial charge in [-0.05, 0) is 49.2 Å². The number of nitrogens with one attached hydrogen (secondary N) is 1. The van der Waals surface area contributed by atoms with Crippen molar-refractivity contribution in [3.05, 3.63) is 65.7 Å². The predicted molar refractivity (Wildman–Crippen MR) is 97.4 cm³/mol. The van der Waals surface area contributed by atoms with Gasteiger partial charge in [0.15, 0.2) is 6.10 Å². The molecule has 0 aliphatic rings. The highest BCUT2D eigenvalue weighted by Gasteiger charge is 2.17. The van der Waals surface area contributed by atoms with Crippen LogP contribution in [0.5, 0.6) is 5.75 Å². The normalized spacial score (nSPS) is 11.8. The van der Waals surface area contributed by atoms with Crippen molar-refractivity contribution in [3.63, 3.8) is 0 Å². The number of carbonyl (C=O) groups is 2. The monoisotopic (exact) mass is 339 g/mol. The number of aryl methyl sites for hydroxylation is 1. The lowest BCUT2D eigenvalue weighted by Gasteiger charge is -2.13. The minimum atomic E-state index is -0.901. The molecule has 0 bridgehead atoms. The summed E-state index contributed by atoms with van der Waals surface area (Å²) in [6, 6.07) is 14.7. The molecule has 0 spiro atoms. The number of hydrogen-bond donors (Lipinski definition) is 1. The van der Waals surface area contributed by atoms with Gasteiger partial charge in [-0.25, -0.2) is 4.79 Å². The van der Waals surface area contributed by atoms with Crippen molar-refractivity contribution in [1.29, 1.82) is 0 Å². The van der Waals surface area contributed by atoms with E-state index in [2.05, 4.69) is 5.32 Å². The molecule has 0 aliphatic carbocycles. The summed E-state index contributed by atoms with van der Waals surface area (Å²) in [5.41, 5.74) is 2.43. The standard InChI is InChI=1S/C20H21NO4/c1-14-7-4-5-10-18(14)21-20(23)15(2)25-19(22)12-11-16-8-6-9-17(13-16)24-3/h4-13,15H,1-3H3,(H,21,23)/b12-11+. The van der Waals surface area contributed by atoms with Crippen molar-refractivity contribution in [2.75, 3.05) is 12.4 Å². The lowest BCUT2D eigenvalue weighted by atomic mass is 10.2. The average Bonchev–Trinajstić information content (AvgIpc) is 2.62. The van der Waals surface area contributed by atoms with Gasteiger partial charge in [-0.15, -0.1) is 0 Å². The van der Waals surface area contributed by atoms with E-state index >= 15 is 0 Å². The molecule has 0 aromatic heterocycles. The summed E-state index contributed by atoms with van der Waals surface area (Å²) in [4.78, 5) is 24.0. The van der Waals surface area contributed by atoms with Crippen LogP contribution in [-0.4, -0.2) is 25.1 Å². The Balaban J connectivity index is 1.91. The number of benzene rings is 2. The van der Waals surface area contributed by atoms with E-state index in [9.17, 15) is 9.59 Å². The van der Waals surface area contributed by atoms with Crippen molar-refractivity contribution in [1.82, 2.24) is 0 Å². The van der Waals surface area contributed by atoms with Crippen molar-refractivity contribution in [2.24, 2.45) is 0 Å². The van der Waals surface area contributed by atoms with Gasteiger partial charge in [0, 0.05) is 11.8 Å². The second kappa shape index (κ2) is 8.68.